The van der Waals surface area contributed by atoms with Crippen LogP contribution in [0.25, 0.3) is 0 Å². The summed E-state index contributed by atoms with van der Waals surface area (Å²) in [5.74, 6) is 2.09. The van der Waals surface area contributed by atoms with Crippen LogP contribution in [0.15, 0.2) is 42.5 Å². The normalized spacial score (nSPS) is 18.0. The number of carbonyl (C=O) groups excluding carboxylic acids is 1. The Balaban J connectivity index is 1.83. The van der Waals surface area contributed by atoms with Crippen LogP contribution in [-0.4, -0.2) is 47.5 Å². The lowest BCUT2D eigenvalue weighted by molar-refractivity contribution is 0.0473. The van der Waals surface area contributed by atoms with Gasteiger partial charge >= 0.3 is 0 Å². The Kier molecular flexibility index (Phi) is 8.70. The van der Waals surface area contributed by atoms with E-state index in [1.54, 1.807) is 33.5 Å². The summed E-state index contributed by atoms with van der Waals surface area (Å²) in [6.07, 6.45) is 2.71. The molecule has 0 bridgehead atoms. The first kappa shape index (κ1) is 23.1. The van der Waals surface area contributed by atoms with Crippen molar-refractivity contribution in [3.05, 3.63) is 53.6 Å². The third-order valence-electron chi connectivity index (χ3n) is 5.39. The Morgan fingerprint density at radius 1 is 0.806 bits per heavy atom. The number of hydrogen-bond donors (Lipinski definition) is 0. The fourth-order valence-corrected chi connectivity index (χ4v) is 3.99. The molecule has 0 N–H and O–H groups in total. The SMILES string of the molecule is COCOc1ccc(C(=O)[C@H]2CCC[C@H]2c2cc(OCOC)ccc2OCOC)cc1. The van der Waals surface area contributed by atoms with E-state index in [0.29, 0.717) is 22.8 Å². The monoisotopic (exact) mass is 430 g/mol. The van der Waals surface area contributed by atoms with Crippen molar-refractivity contribution in [2.75, 3.05) is 41.7 Å². The van der Waals surface area contributed by atoms with Gasteiger partial charge in [-0.2, -0.15) is 0 Å². The molecule has 2 aromatic carbocycles. The molecule has 0 aromatic heterocycles. The number of ether oxygens (including phenoxy) is 6. The second-order valence-electron chi connectivity index (χ2n) is 7.38. The van der Waals surface area contributed by atoms with E-state index in [0.717, 1.165) is 24.8 Å². The number of ketones is 1. The first-order valence-corrected chi connectivity index (χ1v) is 10.3. The van der Waals surface area contributed by atoms with E-state index in [1.807, 2.05) is 30.3 Å². The van der Waals surface area contributed by atoms with E-state index in [9.17, 15) is 4.79 Å². The Bertz CT molecular complexity index is 834. The molecule has 0 saturated heterocycles. The Hall–Kier alpha value is -2.61. The van der Waals surface area contributed by atoms with Crippen LogP contribution < -0.4 is 14.2 Å². The lowest BCUT2D eigenvalue weighted by atomic mass is 9.83. The summed E-state index contributed by atoms with van der Waals surface area (Å²) in [5, 5.41) is 0. The molecule has 1 aliphatic carbocycles. The highest BCUT2D eigenvalue weighted by Crippen LogP contribution is 2.45. The minimum absolute atomic E-state index is 0.0369. The van der Waals surface area contributed by atoms with Gasteiger partial charge in [0.1, 0.15) is 17.2 Å². The lowest BCUT2D eigenvalue weighted by Gasteiger charge is -2.23. The Morgan fingerprint density at radius 2 is 1.42 bits per heavy atom. The number of carbonyl (C=O) groups is 1. The van der Waals surface area contributed by atoms with Crippen molar-refractivity contribution in [2.24, 2.45) is 5.92 Å². The summed E-state index contributed by atoms with van der Waals surface area (Å²) < 4.78 is 31.8. The molecule has 1 fully saturated rings. The van der Waals surface area contributed by atoms with Crippen LogP contribution in [0.5, 0.6) is 17.2 Å². The van der Waals surface area contributed by atoms with Gasteiger partial charge in [0.15, 0.2) is 26.2 Å². The summed E-state index contributed by atoms with van der Waals surface area (Å²) in [4.78, 5) is 13.4. The third-order valence-corrected chi connectivity index (χ3v) is 5.39. The van der Waals surface area contributed by atoms with Crippen LogP contribution in [0.1, 0.15) is 41.1 Å². The van der Waals surface area contributed by atoms with Gasteiger partial charge in [0.05, 0.1) is 0 Å². The summed E-state index contributed by atoms with van der Waals surface area (Å²) >= 11 is 0. The number of methoxy groups -OCH3 is 3. The average Bonchev–Trinajstić information content (AvgIpc) is 3.30. The van der Waals surface area contributed by atoms with Gasteiger partial charge in [-0.05, 0) is 61.2 Å². The van der Waals surface area contributed by atoms with E-state index in [1.165, 1.54) is 0 Å². The van der Waals surface area contributed by atoms with Crippen molar-refractivity contribution in [3.8, 4) is 17.2 Å². The molecule has 2 aromatic rings. The zero-order valence-corrected chi connectivity index (χ0v) is 18.3. The molecule has 3 rings (SSSR count). The minimum Gasteiger partial charge on any atom is -0.468 e. The molecule has 0 heterocycles. The van der Waals surface area contributed by atoms with Crippen LogP contribution in [0.2, 0.25) is 0 Å². The maximum absolute atomic E-state index is 13.4. The molecule has 0 unspecified atom stereocenters. The predicted molar refractivity (Wildman–Crippen MR) is 115 cm³/mol. The molecular formula is C24H30O7. The summed E-state index contributed by atoms with van der Waals surface area (Å²) in [6.45, 7) is 0.464. The zero-order valence-electron chi connectivity index (χ0n) is 18.3. The number of hydrogen-bond acceptors (Lipinski definition) is 7. The average molecular weight is 430 g/mol. The van der Waals surface area contributed by atoms with E-state index in [4.69, 9.17) is 28.4 Å². The molecule has 0 spiro atoms. The number of benzene rings is 2. The van der Waals surface area contributed by atoms with Crippen LogP contribution in [-0.2, 0) is 14.2 Å². The van der Waals surface area contributed by atoms with Crippen LogP contribution >= 0.6 is 0 Å². The number of Topliss-reactive ketones (excluding diaryl/α,β-unsaturated/α-hetero) is 1. The van der Waals surface area contributed by atoms with Gasteiger partial charge in [-0.3, -0.25) is 4.79 Å². The van der Waals surface area contributed by atoms with Crippen molar-refractivity contribution >= 4 is 5.78 Å². The van der Waals surface area contributed by atoms with Gasteiger partial charge in [0.25, 0.3) is 0 Å². The second-order valence-corrected chi connectivity index (χ2v) is 7.38. The molecule has 31 heavy (non-hydrogen) atoms. The van der Waals surface area contributed by atoms with Crippen LogP contribution in [0.3, 0.4) is 0 Å². The first-order valence-electron chi connectivity index (χ1n) is 10.3. The van der Waals surface area contributed by atoms with Gasteiger partial charge in [0, 0.05) is 38.4 Å². The van der Waals surface area contributed by atoms with E-state index in [2.05, 4.69) is 0 Å². The molecule has 168 valence electrons. The highest BCUT2D eigenvalue weighted by Gasteiger charge is 2.36. The third kappa shape index (κ3) is 5.97. The van der Waals surface area contributed by atoms with Gasteiger partial charge < -0.3 is 28.4 Å². The van der Waals surface area contributed by atoms with Crippen molar-refractivity contribution in [1.29, 1.82) is 0 Å². The molecule has 0 aliphatic heterocycles. The largest absolute Gasteiger partial charge is 0.468 e. The van der Waals surface area contributed by atoms with Gasteiger partial charge in [-0.1, -0.05) is 6.42 Å². The molecule has 0 radical (unpaired) electrons. The topological polar surface area (TPSA) is 72.5 Å². The molecule has 0 amide bonds. The zero-order chi connectivity index (χ0) is 22.1. The van der Waals surface area contributed by atoms with Crippen molar-refractivity contribution in [1.82, 2.24) is 0 Å². The van der Waals surface area contributed by atoms with E-state index >= 15 is 0 Å². The van der Waals surface area contributed by atoms with E-state index < -0.39 is 0 Å². The summed E-state index contributed by atoms with van der Waals surface area (Å²) in [7, 11) is 4.73. The molecule has 7 nitrogen and oxygen atoms in total. The smallest absolute Gasteiger partial charge is 0.188 e. The molecule has 2 atom stereocenters. The van der Waals surface area contributed by atoms with Crippen molar-refractivity contribution in [3.63, 3.8) is 0 Å². The van der Waals surface area contributed by atoms with Crippen molar-refractivity contribution in [2.45, 2.75) is 25.2 Å². The fourth-order valence-electron chi connectivity index (χ4n) is 3.99. The maximum atomic E-state index is 13.4. The fraction of sp³-hybridized carbons (Fsp3) is 0.458. The predicted octanol–water partition coefficient (Wildman–Crippen LogP) is 4.40. The van der Waals surface area contributed by atoms with E-state index in [-0.39, 0.29) is 38.0 Å². The van der Waals surface area contributed by atoms with Crippen LogP contribution in [0, 0.1) is 5.92 Å². The molecule has 1 saturated carbocycles. The Labute approximate surface area is 183 Å². The molecule has 7 heteroatoms. The first-order chi connectivity index (χ1) is 15.2. The van der Waals surface area contributed by atoms with Crippen LogP contribution in [0.4, 0.5) is 0 Å². The number of rotatable bonds is 12. The molecular weight excluding hydrogens is 400 g/mol. The van der Waals surface area contributed by atoms with Crippen molar-refractivity contribution < 1.29 is 33.2 Å². The second kappa shape index (κ2) is 11.7. The quantitative estimate of drug-likeness (QED) is 0.365. The van der Waals surface area contributed by atoms with Gasteiger partial charge in [-0.25, -0.2) is 0 Å². The Morgan fingerprint density at radius 3 is 2.10 bits per heavy atom. The standard InChI is InChI=1S/C24H30O7/c1-26-14-29-18-9-7-17(8-10-18)24(25)21-6-4-5-20(21)22-13-19(30-15-27-2)11-12-23(22)31-16-28-3/h7-13,20-21H,4-6,14-16H2,1-3H3/t20-,21+/m1/s1. The van der Waals surface area contributed by atoms with Gasteiger partial charge in [0.2, 0.25) is 0 Å². The lowest BCUT2D eigenvalue weighted by Crippen LogP contribution is -2.19. The molecule has 1 aliphatic rings. The minimum atomic E-state index is -0.131. The highest BCUT2D eigenvalue weighted by molar-refractivity contribution is 5.98. The summed E-state index contributed by atoms with van der Waals surface area (Å²) in [5.41, 5.74) is 1.63. The highest BCUT2D eigenvalue weighted by atomic mass is 16.7. The van der Waals surface area contributed by atoms with Gasteiger partial charge in [-0.15, -0.1) is 0 Å². The summed E-state index contributed by atoms with van der Waals surface area (Å²) in [6, 6.07) is 12.8. The maximum Gasteiger partial charge on any atom is 0.188 e.